The predicted molar refractivity (Wildman–Crippen MR) is 192 cm³/mol. The predicted octanol–water partition coefficient (Wildman–Crippen LogP) is 11.3. The van der Waals surface area contributed by atoms with Crippen molar-refractivity contribution in [2.24, 2.45) is 0 Å². The minimum absolute atomic E-state index is 0.499. The summed E-state index contributed by atoms with van der Waals surface area (Å²) in [6.45, 7) is 0. The Kier molecular flexibility index (Phi) is 6.43. The molecule has 9 aromatic rings. The van der Waals surface area contributed by atoms with Gasteiger partial charge >= 0.3 is 0 Å². The van der Waals surface area contributed by atoms with Gasteiger partial charge in [-0.3, -0.25) is 0 Å². The zero-order valence-electron chi connectivity index (χ0n) is 25.3. The van der Waals surface area contributed by atoms with Crippen LogP contribution < -0.4 is 0 Å². The second kappa shape index (κ2) is 11.2. The molecule has 0 saturated heterocycles. The Hall–Kier alpha value is -6.39. The maximum absolute atomic E-state index is 6.22. The van der Waals surface area contributed by atoms with Crippen LogP contribution in [0.4, 0.5) is 0 Å². The van der Waals surface area contributed by atoms with Gasteiger partial charge in [-0.05, 0) is 62.0 Å². The second-order valence-corrected chi connectivity index (χ2v) is 11.6. The molecule has 0 spiro atoms. The first-order chi connectivity index (χ1) is 23.3. The molecular formula is C43H27N3O. The fraction of sp³-hybridized carbons (Fsp3) is 0. The topological polar surface area (TPSA) is 51.8 Å². The van der Waals surface area contributed by atoms with E-state index in [0.717, 1.165) is 27.7 Å². The summed E-state index contributed by atoms with van der Waals surface area (Å²) in [6, 6.07) is 56.6. The van der Waals surface area contributed by atoms with E-state index in [1.165, 1.54) is 38.2 Å². The van der Waals surface area contributed by atoms with Gasteiger partial charge in [-0.1, -0.05) is 146 Å². The van der Waals surface area contributed by atoms with Gasteiger partial charge in [0, 0.05) is 16.5 Å². The van der Waals surface area contributed by atoms with Crippen molar-refractivity contribution in [3.63, 3.8) is 0 Å². The highest BCUT2D eigenvalue weighted by Crippen LogP contribution is 2.44. The molecule has 0 aliphatic carbocycles. The van der Waals surface area contributed by atoms with Gasteiger partial charge in [-0.2, -0.15) is 0 Å². The van der Waals surface area contributed by atoms with Gasteiger partial charge in [0.15, 0.2) is 23.2 Å². The van der Waals surface area contributed by atoms with Crippen LogP contribution in [0, 0.1) is 0 Å². The molecule has 9 rings (SSSR count). The lowest BCUT2D eigenvalue weighted by molar-refractivity contribution is 0.625. The molecule has 4 nitrogen and oxygen atoms in total. The molecule has 4 heteroatoms. The Balaban J connectivity index is 1.26. The lowest BCUT2D eigenvalue weighted by Gasteiger charge is -2.18. The van der Waals surface area contributed by atoms with Gasteiger partial charge in [0.25, 0.3) is 0 Å². The number of aromatic nitrogens is 3. The summed E-state index contributed by atoms with van der Waals surface area (Å²) in [5.41, 5.74) is 7.35. The maximum atomic E-state index is 6.22. The lowest BCUT2D eigenvalue weighted by Crippen LogP contribution is -2.00. The Labute approximate surface area is 271 Å². The highest BCUT2D eigenvalue weighted by Gasteiger charge is 2.19. The minimum atomic E-state index is 0.499. The van der Waals surface area contributed by atoms with Crippen LogP contribution in [0.1, 0.15) is 0 Å². The second-order valence-electron chi connectivity index (χ2n) is 11.6. The van der Waals surface area contributed by atoms with Crippen molar-refractivity contribution in [1.29, 1.82) is 0 Å². The van der Waals surface area contributed by atoms with Crippen LogP contribution >= 0.6 is 0 Å². The van der Waals surface area contributed by atoms with Crippen LogP contribution in [0.2, 0.25) is 0 Å². The van der Waals surface area contributed by atoms with Crippen LogP contribution in [0.5, 0.6) is 0 Å². The summed E-state index contributed by atoms with van der Waals surface area (Å²) in [5, 5.41) is 5.84. The van der Waals surface area contributed by atoms with E-state index in [4.69, 9.17) is 19.4 Å². The summed E-state index contributed by atoms with van der Waals surface area (Å²) < 4.78 is 6.22. The molecule has 0 bridgehead atoms. The number of hydrogen-bond acceptors (Lipinski definition) is 4. The molecule has 2 heterocycles. The summed E-state index contributed by atoms with van der Waals surface area (Å²) in [4.78, 5) is 14.9. The van der Waals surface area contributed by atoms with Crippen LogP contribution in [-0.2, 0) is 0 Å². The van der Waals surface area contributed by atoms with E-state index in [0.29, 0.717) is 23.2 Å². The quantitative estimate of drug-likeness (QED) is 0.184. The van der Waals surface area contributed by atoms with Gasteiger partial charge < -0.3 is 4.42 Å². The average molecular weight is 602 g/mol. The number of para-hydroxylation sites is 1. The zero-order chi connectivity index (χ0) is 31.2. The van der Waals surface area contributed by atoms with Crippen molar-refractivity contribution in [3.05, 3.63) is 164 Å². The van der Waals surface area contributed by atoms with Crippen molar-refractivity contribution in [1.82, 2.24) is 15.0 Å². The molecule has 0 aliphatic heterocycles. The van der Waals surface area contributed by atoms with E-state index in [2.05, 4.69) is 103 Å². The van der Waals surface area contributed by atoms with Gasteiger partial charge in [0.1, 0.15) is 5.58 Å². The van der Waals surface area contributed by atoms with Gasteiger partial charge in [0.05, 0.1) is 0 Å². The highest BCUT2D eigenvalue weighted by atomic mass is 16.3. The van der Waals surface area contributed by atoms with Crippen molar-refractivity contribution in [3.8, 4) is 56.6 Å². The standard InChI is InChI=1S/C43H27N3O/c1-3-14-28(15-4-1)39-33-21-8-10-23-35(33)40(36-24-11-9-22-34(36)39)31-19-13-20-32(26-31)42-44-41(29-16-5-2-6-17-29)45-43(46-42)38-27-30-18-7-12-25-37(30)47-38/h1-27H. The van der Waals surface area contributed by atoms with Crippen LogP contribution in [0.3, 0.4) is 0 Å². The molecule has 2 aromatic heterocycles. The average Bonchev–Trinajstić information content (AvgIpc) is 3.59. The summed E-state index contributed by atoms with van der Waals surface area (Å²) in [5.74, 6) is 2.29. The van der Waals surface area contributed by atoms with Gasteiger partial charge in [-0.25, -0.2) is 15.0 Å². The van der Waals surface area contributed by atoms with Crippen molar-refractivity contribution < 1.29 is 4.42 Å². The third kappa shape index (κ3) is 4.75. The van der Waals surface area contributed by atoms with Crippen LogP contribution in [0.15, 0.2) is 168 Å². The smallest absolute Gasteiger partial charge is 0.199 e. The highest BCUT2D eigenvalue weighted by molar-refractivity contribution is 6.21. The molecule has 0 N–H and O–H groups in total. The molecular weight excluding hydrogens is 574 g/mol. The molecule has 0 radical (unpaired) electrons. The first-order valence-corrected chi connectivity index (χ1v) is 15.7. The molecule has 0 unspecified atom stereocenters. The number of furan rings is 1. The van der Waals surface area contributed by atoms with E-state index in [9.17, 15) is 0 Å². The summed E-state index contributed by atoms with van der Waals surface area (Å²) >= 11 is 0. The Morgan fingerprint density at radius 2 is 0.809 bits per heavy atom. The minimum Gasteiger partial charge on any atom is -0.453 e. The van der Waals surface area contributed by atoms with E-state index in [1.807, 2.05) is 60.7 Å². The molecule has 0 fully saturated rings. The van der Waals surface area contributed by atoms with E-state index in [-0.39, 0.29) is 0 Å². The van der Waals surface area contributed by atoms with Crippen LogP contribution in [0.25, 0.3) is 89.1 Å². The number of fused-ring (bicyclic) bond motifs is 3. The largest absolute Gasteiger partial charge is 0.453 e. The fourth-order valence-electron chi connectivity index (χ4n) is 6.59. The molecule has 220 valence electrons. The van der Waals surface area contributed by atoms with Crippen molar-refractivity contribution in [2.75, 3.05) is 0 Å². The lowest BCUT2D eigenvalue weighted by atomic mass is 9.86. The van der Waals surface area contributed by atoms with E-state index < -0.39 is 0 Å². The zero-order valence-corrected chi connectivity index (χ0v) is 25.3. The van der Waals surface area contributed by atoms with E-state index >= 15 is 0 Å². The first kappa shape index (κ1) is 27.0. The Morgan fingerprint density at radius 3 is 1.45 bits per heavy atom. The molecule has 7 aromatic carbocycles. The van der Waals surface area contributed by atoms with Crippen molar-refractivity contribution >= 4 is 32.5 Å². The number of nitrogens with zero attached hydrogens (tertiary/aromatic N) is 3. The third-order valence-corrected chi connectivity index (χ3v) is 8.72. The van der Waals surface area contributed by atoms with Gasteiger partial charge in [-0.15, -0.1) is 0 Å². The van der Waals surface area contributed by atoms with Crippen molar-refractivity contribution in [2.45, 2.75) is 0 Å². The van der Waals surface area contributed by atoms with Crippen LogP contribution in [-0.4, -0.2) is 15.0 Å². The summed E-state index contributed by atoms with van der Waals surface area (Å²) in [6.07, 6.45) is 0. The SMILES string of the molecule is c1ccc(-c2nc(-c3cccc(-c4c5ccccc5c(-c5ccccc5)c5ccccc45)c3)nc(-c3cc4ccccc4o3)n2)cc1. The molecule has 0 saturated carbocycles. The molecule has 0 atom stereocenters. The Bertz CT molecular complexity index is 2480. The summed E-state index contributed by atoms with van der Waals surface area (Å²) in [7, 11) is 0. The third-order valence-electron chi connectivity index (χ3n) is 8.72. The maximum Gasteiger partial charge on any atom is 0.199 e. The number of rotatable bonds is 5. The molecule has 0 amide bonds. The molecule has 47 heavy (non-hydrogen) atoms. The molecule has 0 aliphatic rings. The van der Waals surface area contributed by atoms with E-state index in [1.54, 1.807) is 0 Å². The Morgan fingerprint density at radius 1 is 0.340 bits per heavy atom. The van der Waals surface area contributed by atoms with Gasteiger partial charge in [0.2, 0.25) is 0 Å². The number of benzene rings is 7. The normalized spacial score (nSPS) is 11.4. The number of hydrogen-bond donors (Lipinski definition) is 0. The first-order valence-electron chi connectivity index (χ1n) is 15.7. The monoisotopic (exact) mass is 601 g/mol. The fourth-order valence-corrected chi connectivity index (χ4v) is 6.59.